The lowest BCUT2D eigenvalue weighted by molar-refractivity contribution is 0.100. The molecule has 0 aromatic carbocycles. The highest BCUT2D eigenvalue weighted by atomic mass is 16.1. The minimum Gasteiger partial charge on any atom is -0.378 e. The molecule has 1 amide bonds. The third-order valence-electron chi connectivity index (χ3n) is 7.06. The minimum absolute atomic E-state index is 0.0343. The molecule has 0 spiro atoms. The van der Waals surface area contributed by atoms with E-state index in [1.807, 2.05) is 31.5 Å². The molecule has 1 fully saturated rings. The van der Waals surface area contributed by atoms with E-state index in [9.17, 15) is 9.59 Å². The lowest BCUT2D eigenvalue weighted by Crippen LogP contribution is -2.30. The summed E-state index contributed by atoms with van der Waals surface area (Å²) < 4.78 is 3.37. The summed E-state index contributed by atoms with van der Waals surface area (Å²) in [6, 6.07) is 11.1. The van der Waals surface area contributed by atoms with Crippen LogP contribution >= 0.6 is 0 Å². The highest BCUT2D eigenvalue weighted by Crippen LogP contribution is 2.32. The molecule has 1 aliphatic rings. The van der Waals surface area contributed by atoms with Gasteiger partial charge in [0.2, 0.25) is 0 Å². The van der Waals surface area contributed by atoms with Crippen LogP contribution in [0.5, 0.6) is 0 Å². The number of primary amides is 1. The molecule has 0 aliphatic carbocycles. The number of hydrogen-bond donors (Lipinski definition) is 2. The molecule has 2 atom stereocenters. The zero-order chi connectivity index (χ0) is 26.1. The monoisotopic (exact) mass is 496 g/mol. The van der Waals surface area contributed by atoms with Crippen molar-refractivity contribution in [3.05, 3.63) is 76.6 Å². The average molecular weight is 497 g/mol. The zero-order valence-electron chi connectivity index (χ0n) is 20.8. The molecule has 5 rings (SSSR count). The van der Waals surface area contributed by atoms with Crippen LogP contribution in [0.4, 0.5) is 11.5 Å². The van der Waals surface area contributed by atoms with Crippen molar-refractivity contribution in [2.75, 3.05) is 23.3 Å². The van der Waals surface area contributed by atoms with Crippen molar-refractivity contribution in [3.8, 4) is 17.2 Å². The molecule has 4 aromatic heterocycles. The second kappa shape index (κ2) is 9.78. The Balaban J connectivity index is 1.51. The molecule has 1 saturated heterocycles. The van der Waals surface area contributed by atoms with Gasteiger partial charge in [-0.15, -0.1) is 0 Å². The van der Waals surface area contributed by atoms with Crippen molar-refractivity contribution >= 4 is 22.9 Å². The van der Waals surface area contributed by atoms with E-state index in [4.69, 9.17) is 11.0 Å². The molecular weight excluding hydrogens is 468 g/mol. The molecule has 0 bridgehead atoms. The number of fused-ring (bicyclic) bond motifs is 1. The van der Waals surface area contributed by atoms with Crippen LogP contribution in [0, 0.1) is 17.2 Å². The van der Waals surface area contributed by atoms with E-state index < -0.39 is 5.91 Å². The third kappa shape index (κ3) is 4.51. The van der Waals surface area contributed by atoms with Crippen molar-refractivity contribution in [3.63, 3.8) is 0 Å². The van der Waals surface area contributed by atoms with Crippen LogP contribution in [0.15, 0.2) is 59.9 Å². The van der Waals surface area contributed by atoms with Gasteiger partial charge in [-0.05, 0) is 49.1 Å². The van der Waals surface area contributed by atoms with E-state index in [-0.39, 0.29) is 11.6 Å². The zero-order valence-corrected chi connectivity index (χ0v) is 20.8. The number of amides is 1. The number of anilines is 2. The first kappa shape index (κ1) is 24.1. The number of pyridine rings is 2. The van der Waals surface area contributed by atoms with Gasteiger partial charge >= 0.3 is 0 Å². The summed E-state index contributed by atoms with van der Waals surface area (Å²) in [5.74, 6) is 0.554. The molecule has 37 heavy (non-hydrogen) atoms. The van der Waals surface area contributed by atoms with E-state index in [1.54, 1.807) is 33.5 Å². The Labute approximate surface area is 214 Å². The fraction of sp³-hybridized carbons (Fsp3) is 0.296. The summed E-state index contributed by atoms with van der Waals surface area (Å²) in [4.78, 5) is 31.1. The van der Waals surface area contributed by atoms with Gasteiger partial charge in [0, 0.05) is 55.9 Å². The highest BCUT2D eigenvalue weighted by molar-refractivity contribution is 6.02. The van der Waals surface area contributed by atoms with Gasteiger partial charge in [0.1, 0.15) is 11.9 Å². The number of nitrogens with two attached hydrogens (primary N) is 1. The Morgan fingerprint density at radius 2 is 2.00 bits per heavy atom. The fourth-order valence-corrected chi connectivity index (χ4v) is 4.96. The van der Waals surface area contributed by atoms with Gasteiger partial charge in [0.15, 0.2) is 0 Å². The molecule has 0 saturated carbocycles. The van der Waals surface area contributed by atoms with Crippen molar-refractivity contribution in [1.82, 2.24) is 19.2 Å². The molecule has 0 radical (unpaired) electrons. The average Bonchev–Trinajstić information content (AvgIpc) is 3.53. The first-order valence-corrected chi connectivity index (χ1v) is 12.3. The molecular formula is C27H28N8O2. The Kier molecular flexibility index (Phi) is 6.36. The lowest BCUT2D eigenvalue weighted by Gasteiger charge is -2.21. The number of nitrogens with zero attached hydrogens (tertiary/aromatic N) is 6. The maximum Gasteiger partial charge on any atom is 0.252 e. The van der Waals surface area contributed by atoms with Gasteiger partial charge in [-0.1, -0.05) is 6.92 Å². The maximum absolute atomic E-state index is 12.4. The summed E-state index contributed by atoms with van der Waals surface area (Å²) in [5, 5.41) is 17.1. The summed E-state index contributed by atoms with van der Waals surface area (Å²) in [5.41, 5.74) is 9.65. The number of carbonyl (C=O) groups excluding carboxylic acids is 1. The standard InChI is InChI=1S/C27H28N8O2/c1-3-18-13-34(24-7-5-17(10-28)11-30-24)16-22(18)32-26-21(27(29)37)12-31-35-15-20(9-23(26)35)19-6-8-25(36)33(4-2)14-19/h5-9,11-12,14-15,18,22,32H,3-4,13,16H2,1-2H3,(H2,29,37)/t18-,22-/m1/s1. The van der Waals surface area contributed by atoms with Gasteiger partial charge in [-0.2, -0.15) is 10.4 Å². The van der Waals surface area contributed by atoms with Crippen molar-refractivity contribution < 1.29 is 4.79 Å². The summed E-state index contributed by atoms with van der Waals surface area (Å²) in [6.07, 6.45) is 7.71. The van der Waals surface area contributed by atoms with E-state index in [2.05, 4.69) is 33.3 Å². The number of nitrogens with one attached hydrogen (secondary N) is 1. The first-order chi connectivity index (χ1) is 17.9. The lowest BCUT2D eigenvalue weighted by atomic mass is 10.00. The number of aryl methyl sites for hydroxylation is 1. The Bertz CT molecular complexity index is 1560. The molecule has 3 N–H and O–H groups in total. The molecule has 10 nitrogen and oxygen atoms in total. The van der Waals surface area contributed by atoms with Crippen molar-refractivity contribution in [2.45, 2.75) is 32.9 Å². The summed E-state index contributed by atoms with van der Waals surface area (Å²) >= 11 is 0. The Hall–Kier alpha value is -4.65. The largest absolute Gasteiger partial charge is 0.378 e. The normalized spacial score (nSPS) is 17.2. The molecule has 0 unspecified atom stereocenters. The molecule has 188 valence electrons. The van der Waals surface area contributed by atoms with E-state index in [0.717, 1.165) is 35.4 Å². The summed E-state index contributed by atoms with van der Waals surface area (Å²) in [6.45, 7) is 6.11. The Morgan fingerprint density at radius 1 is 1.16 bits per heavy atom. The van der Waals surface area contributed by atoms with Crippen LogP contribution in [0.25, 0.3) is 16.6 Å². The maximum atomic E-state index is 12.4. The van der Waals surface area contributed by atoms with Crippen LogP contribution in [0.2, 0.25) is 0 Å². The van der Waals surface area contributed by atoms with Crippen LogP contribution in [-0.4, -0.2) is 44.2 Å². The van der Waals surface area contributed by atoms with Crippen LogP contribution < -0.4 is 21.5 Å². The topological polar surface area (TPSA) is 134 Å². The van der Waals surface area contributed by atoms with Crippen molar-refractivity contribution in [2.24, 2.45) is 11.7 Å². The van der Waals surface area contributed by atoms with Gasteiger partial charge in [-0.3, -0.25) is 9.59 Å². The van der Waals surface area contributed by atoms with Gasteiger partial charge in [0.25, 0.3) is 11.5 Å². The van der Waals surface area contributed by atoms with Crippen molar-refractivity contribution in [1.29, 1.82) is 5.26 Å². The smallest absolute Gasteiger partial charge is 0.252 e. The molecule has 1 aliphatic heterocycles. The molecule has 10 heteroatoms. The number of carbonyl (C=O) groups is 1. The minimum atomic E-state index is -0.559. The quantitative estimate of drug-likeness (QED) is 0.402. The first-order valence-electron chi connectivity index (χ1n) is 12.3. The summed E-state index contributed by atoms with van der Waals surface area (Å²) in [7, 11) is 0. The van der Waals surface area contributed by atoms with E-state index >= 15 is 0 Å². The number of aromatic nitrogens is 4. The molecule has 4 aromatic rings. The number of nitriles is 1. The second-order valence-corrected chi connectivity index (χ2v) is 9.24. The van der Waals surface area contributed by atoms with E-state index in [0.29, 0.717) is 35.8 Å². The van der Waals surface area contributed by atoms with Crippen LogP contribution in [-0.2, 0) is 6.54 Å². The van der Waals surface area contributed by atoms with E-state index in [1.165, 1.54) is 6.20 Å². The Morgan fingerprint density at radius 3 is 2.68 bits per heavy atom. The second-order valence-electron chi connectivity index (χ2n) is 9.24. The van der Waals surface area contributed by atoms with Gasteiger partial charge < -0.3 is 20.5 Å². The van der Waals surface area contributed by atoms with Crippen LogP contribution in [0.1, 0.15) is 36.2 Å². The van der Waals surface area contributed by atoms with Gasteiger partial charge in [0.05, 0.1) is 28.5 Å². The third-order valence-corrected chi connectivity index (χ3v) is 7.06. The predicted octanol–water partition coefficient (Wildman–Crippen LogP) is 2.88. The predicted molar refractivity (Wildman–Crippen MR) is 141 cm³/mol. The number of hydrogen-bond acceptors (Lipinski definition) is 7. The highest BCUT2D eigenvalue weighted by Gasteiger charge is 2.33. The van der Waals surface area contributed by atoms with Gasteiger partial charge in [-0.25, -0.2) is 9.50 Å². The fourth-order valence-electron chi connectivity index (χ4n) is 4.96. The number of rotatable bonds is 7. The molecule has 5 heterocycles. The van der Waals surface area contributed by atoms with Crippen LogP contribution in [0.3, 0.4) is 0 Å². The SMILES string of the molecule is CC[C@@H]1CN(c2ccc(C#N)cn2)C[C@H]1Nc1c(C(N)=O)cnn2cc(-c3ccc(=O)n(CC)c3)cc12.